The number of aryl methyl sites for hydroxylation is 2. The maximum atomic E-state index is 4.71. The second-order valence-electron chi connectivity index (χ2n) is 6.56. The largest absolute Gasteiger partial charge is 0.288 e. The van der Waals surface area contributed by atoms with Gasteiger partial charge in [0.1, 0.15) is 0 Å². The highest BCUT2D eigenvalue weighted by Gasteiger charge is 2.10. The summed E-state index contributed by atoms with van der Waals surface area (Å²) in [6.45, 7) is 4.17. The van der Waals surface area contributed by atoms with E-state index in [9.17, 15) is 0 Å². The molecule has 1 aliphatic carbocycles. The molecule has 0 N–H and O–H groups in total. The van der Waals surface area contributed by atoms with Gasteiger partial charge in [0.2, 0.25) is 0 Å². The Kier molecular flexibility index (Phi) is 5.52. The topological polar surface area (TPSA) is 37.6 Å². The molecule has 24 heavy (non-hydrogen) atoms. The van der Waals surface area contributed by atoms with Crippen LogP contribution in [0.15, 0.2) is 46.4 Å². The lowest BCUT2D eigenvalue weighted by Crippen LogP contribution is -2.09. The number of para-hydroxylation sites is 1. The van der Waals surface area contributed by atoms with E-state index in [4.69, 9.17) is 4.99 Å². The predicted octanol–water partition coefficient (Wildman–Crippen LogP) is 5.20. The number of nitrogens with zero attached hydrogens (tertiary/aromatic N) is 3. The van der Waals surface area contributed by atoms with Crippen molar-refractivity contribution in [1.29, 1.82) is 0 Å². The Bertz CT molecular complexity index is 720. The van der Waals surface area contributed by atoms with Gasteiger partial charge in [-0.05, 0) is 49.9 Å². The Labute approximate surface area is 144 Å². The number of aliphatic imine (C=N–C) groups is 2. The van der Waals surface area contributed by atoms with Crippen molar-refractivity contribution in [3.8, 4) is 0 Å². The van der Waals surface area contributed by atoms with E-state index in [1.54, 1.807) is 0 Å². The smallest absolute Gasteiger partial charge is 0.0820 e. The summed E-state index contributed by atoms with van der Waals surface area (Å²) in [7, 11) is 0. The van der Waals surface area contributed by atoms with Crippen molar-refractivity contribution in [2.45, 2.75) is 52.0 Å². The van der Waals surface area contributed by atoms with Crippen molar-refractivity contribution < 1.29 is 0 Å². The van der Waals surface area contributed by atoms with Crippen molar-refractivity contribution in [3.05, 3.63) is 58.9 Å². The van der Waals surface area contributed by atoms with Crippen molar-refractivity contribution in [3.63, 3.8) is 0 Å². The molecule has 1 aromatic heterocycles. The number of hydrogen-bond donors (Lipinski definition) is 0. The maximum absolute atomic E-state index is 4.71. The van der Waals surface area contributed by atoms with Crippen LogP contribution in [0.2, 0.25) is 0 Å². The molecular weight excluding hydrogens is 294 g/mol. The number of benzene rings is 1. The van der Waals surface area contributed by atoms with E-state index in [1.807, 2.05) is 30.6 Å². The number of rotatable bonds is 4. The Morgan fingerprint density at radius 1 is 0.875 bits per heavy atom. The molecule has 0 spiro atoms. The first kappa shape index (κ1) is 16.6. The zero-order valence-electron chi connectivity index (χ0n) is 14.6. The first-order valence-electron chi connectivity index (χ1n) is 8.83. The molecule has 0 amide bonds. The minimum Gasteiger partial charge on any atom is -0.288 e. The fourth-order valence-electron chi connectivity index (χ4n) is 3.16. The van der Waals surface area contributed by atoms with Crippen LogP contribution in [0.3, 0.4) is 0 Å². The summed E-state index contributed by atoms with van der Waals surface area (Å²) >= 11 is 0. The molecule has 0 aliphatic heterocycles. The van der Waals surface area contributed by atoms with E-state index in [0.29, 0.717) is 6.04 Å². The molecule has 1 saturated carbocycles. The zero-order chi connectivity index (χ0) is 16.8. The molecule has 3 nitrogen and oxygen atoms in total. The minimum absolute atomic E-state index is 0.479. The van der Waals surface area contributed by atoms with E-state index in [0.717, 1.165) is 17.1 Å². The fraction of sp³-hybridized carbons (Fsp3) is 0.381. The van der Waals surface area contributed by atoms with Crippen molar-refractivity contribution >= 4 is 18.1 Å². The lowest BCUT2D eigenvalue weighted by atomic mass is 9.96. The highest BCUT2D eigenvalue weighted by atomic mass is 14.8. The van der Waals surface area contributed by atoms with Gasteiger partial charge in [-0.25, -0.2) is 4.98 Å². The van der Waals surface area contributed by atoms with Crippen molar-refractivity contribution in [2.24, 2.45) is 9.98 Å². The van der Waals surface area contributed by atoms with Gasteiger partial charge in [-0.1, -0.05) is 43.5 Å². The Balaban J connectivity index is 1.73. The predicted molar refractivity (Wildman–Crippen MR) is 102 cm³/mol. The Morgan fingerprint density at radius 3 is 2.21 bits per heavy atom. The van der Waals surface area contributed by atoms with Gasteiger partial charge in [-0.3, -0.25) is 9.98 Å². The van der Waals surface area contributed by atoms with Gasteiger partial charge in [-0.2, -0.15) is 0 Å². The van der Waals surface area contributed by atoms with Gasteiger partial charge in [0, 0.05) is 6.21 Å². The van der Waals surface area contributed by atoms with E-state index in [-0.39, 0.29) is 0 Å². The van der Waals surface area contributed by atoms with Crippen LogP contribution >= 0.6 is 0 Å². The first-order valence-corrected chi connectivity index (χ1v) is 8.83. The van der Waals surface area contributed by atoms with Gasteiger partial charge >= 0.3 is 0 Å². The molecule has 0 bridgehead atoms. The third-order valence-electron chi connectivity index (χ3n) is 4.55. The monoisotopic (exact) mass is 319 g/mol. The third-order valence-corrected chi connectivity index (χ3v) is 4.55. The van der Waals surface area contributed by atoms with E-state index in [1.165, 1.54) is 43.2 Å². The Morgan fingerprint density at radius 2 is 1.50 bits per heavy atom. The van der Waals surface area contributed by atoms with Crippen molar-refractivity contribution in [1.82, 2.24) is 4.98 Å². The van der Waals surface area contributed by atoms with Crippen LogP contribution in [0.1, 0.15) is 54.6 Å². The lowest BCUT2D eigenvalue weighted by Gasteiger charge is -2.16. The van der Waals surface area contributed by atoms with Crippen LogP contribution < -0.4 is 0 Å². The van der Waals surface area contributed by atoms with Crippen molar-refractivity contribution in [2.75, 3.05) is 0 Å². The molecular formula is C21H25N3. The standard InChI is InChI=1S/C21H25N3/c1-16-8-6-9-17(2)21(16)23-15-20-13-7-12-19(24-20)14-22-18-10-4-3-5-11-18/h6-9,12-15,18H,3-5,10-11H2,1-2H3. The third kappa shape index (κ3) is 4.38. The van der Waals surface area contributed by atoms with E-state index >= 15 is 0 Å². The summed E-state index contributed by atoms with van der Waals surface area (Å²) in [5.74, 6) is 0. The summed E-state index contributed by atoms with van der Waals surface area (Å²) in [5.41, 5.74) is 5.17. The molecule has 124 valence electrons. The van der Waals surface area contributed by atoms with Crippen LogP contribution in [0.4, 0.5) is 5.69 Å². The van der Waals surface area contributed by atoms with Gasteiger partial charge in [0.05, 0.1) is 29.3 Å². The second-order valence-corrected chi connectivity index (χ2v) is 6.56. The molecule has 2 aromatic rings. The molecule has 0 atom stereocenters. The molecule has 0 saturated heterocycles. The summed E-state index contributed by atoms with van der Waals surface area (Å²) in [4.78, 5) is 14.0. The molecule has 0 radical (unpaired) electrons. The zero-order valence-corrected chi connectivity index (χ0v) is 14.6. The number of aromatic nitrogens is 1. The average molecular weight is 319 g/mol. The summed E-state index contributed by atoms with van der Waals surface area (Å²) < 4.78 is 0. The van der Waals surface area contributed by atoms with Gasteiger partial charge in [0.15, 0.2) is 0 Å². The van der Waals surface area contributed by atoms with Crippen LogP contribution in [0.5, 0.6) is 0 Å². The average Bonchev–Trinajstić information content (AvgIpc) is 2.61. The molecule has 3 heteroatoms. The summed E-state index contributed by atoms with van der Waals surface area (Å²) in [6.07, 6.45) is 10.2. The number of pyridine rings is 1. The molecule has 1 fully saturated rings. The first-order chi connectivity index (χ1) is 11.7. The fourth-order valence-corrected chi connectivity index (χ4v) is 3.16. The SMILES string of the molecule is Cc1cccc(C)c1N=Cc1cccc(C=NC2CCCCC2)n1. The lowest BCUT2D eigenvalue weighted by molar-refractivity contribution is 0.444. The maximum Gasteiger partial charge on any atom is 0.0820 e. The molecule has 1 heterocycles. The normalized spacial score (nSPS) is 16.2. The molecule has 1 aliphatic rings. The summed E-state index contributed by atoms with van der Waals surface area (Å²) in [5, 5.41) is 0. The van der Waals surface area contributed by atoms with E-state index < -0.39 is 0 Å². The second kappa shape index (κ2) is 8.00. The van der Waals surface area contributed by atoms with Crippen LogP contribution in [0, 0.1) is 13.8 Å². The minimum atomic E-state index is 0.479. The highest BCUT2D eigenvalue weighted by Crippen LogP contribution is 2.22. The molecule has 0 unspecified atom stereocenters. The van der Waals surface area contributed by atoms with Crippen LogP contribution in [-0.4, -0.2) is 23.5 Å². The quantitative estimate of drug-likeness (QED) is 0.714. The van der Waals surface area contributed by atoms with E-state index in [2.05, 4.69) is 42.0 Å². The Hall–Kier alpha value is -2.29. The molecule has 3 rings (SSSR count). The molecule has 1 aromatic carbocycles. The van der Waals surface area contributed by atoms with Gasteiger partial charge < -0.3 is 0 Å². The van der Waals surface area contributed by atoms with Gasteiger partial charge in [-0.15, -0.1) is 0 Å². The van der Waals surface area contributed by atoms with Gasteiger partial charge in [0.25, 0.3) is 0 Å². The van der Waals surface area contributed by atoms with Crippen LogP contribution in [-0.2, 0) is 0 Å². The summed E-state index contributed by atoms with van der Waals surface area (Å²) in [6, 6.07) is 12.7. The van der Waals surface area contributed by atoms with Crippen LogP contribution in [0.25, 0.3) is 0 Å². The number of hydrogen-bond acceptors (Lipinski definition) is 3. The highest BCUT2D eigenvalue weighted by molar-refractivity contribution is 5.83.